The average molecular weight is 1290 g/mol. The zero-order valence-electron chi connectivity index (χ0n) is 52.5. The number of nitrogens with one attached hydrogen (secondary N) is 11. The highest BCUT2D eigenvalue weighted by Crippen LogP contribution is 2.21. The van der Waals surface area contributed by atoms with Crippen molar-refractivity contribution in [1.82, 2.24) is 63.4 Å². The van der Waals surface area contributed by atoms with E-state index in [-0.39, 0.29) is 55.6 Å². The molecule has 0 unspecified atom stereocenters. The zero-order valence-corrected chi connectivity index (χ0v) is 55.1. The molecule has 1 rings (SSSR count). The zero-order chi connectivity index (χ0) is 66.6. The van der Waals surface area contributed by atoms with E-state index in [1.54, 1.807) is 61.6 Å². The summed E-state index contributed by atoms with van der Waals surface area (Å²) < 4.78 is 0. The summed E-state index contributed by atoms with van der Waals surface area (Å²) in [7, 11) is 0. The number of thioether (sulfide) groups is 1. The van der Waals surface area contributed by atoms with Gasteiger partial charge in [-0.3, -0.25) is 57.5 Å². The van der Waals surface area contributed by atoms with Gasteiger partial charge in [-0.15, -0.1) is 0 Å². The maximum absolute atomic E-state index is 14.1. The monoisotopic (exact) mass is 1290 g/mol. The Labute approximate surface area is 526 Å². The third-order valence-corrected chi connectivity index (χ3v) is 15.9. The standard InChI is InChI=1S/C56H99N13O15S3/c1-14-30(9)43(53(80)67-42(29(7)8)51(78)63-37(25-85)55(82)69-19-16-17-39(69)50(77)68-44(31(10)15-2)52(79)64-38(26-86)56(83)84)65-40(71)23-59-48(75)35(21-27(3)4)62-54(81)45(33(12)70)66-41(72)24-58-47(74)34(18-20-87-13)60-49(76)36(22-28(5)6)61-46(73)32(11)57/h27-39,42-45,70,85-86H,14-26,57H2,1-13H3,(H,58,74)(H,59,75)(H,60,76)(H,61,73)(H,62,81)(H,63,78)(H,64,79)(H,65,71)(H,66,72)(H,67,80)(H,68,77)(H,83,84)/t30-,31-,32-,33+,34-,35-,36-,37-,38-,39-,42-,43-,44-,45-/m0/s1. The summed E-state index contributed by atoms with van der Waals surface area (Å²) in [4.78, 5) is 175. The van der Waals surface area contributed by atoms with Gasteiger partial charge in [0.2, 0.25) is 70.9 Å². The lowest BCUT2D eigenvalue weighted by Gasteiger charge is -2.32. The van der Waals surface area contributed by atoms with Crippen molar-refractivity contribution in [2.24, 2.45) is 35.3 Å². The summed E-state index contributed by atoms with van der Waals surface area (Å²) in [6.07, 6.45) is 2.17. The van der Waals surface area contributed by atoms with Crippen LogP contribution < -0.4 is 64.2 Å². The van der Waals surface area contributed by atoms with Crippen LogP contribution >= 0.6 is 37.0 Å². The van der Waals surface area contributed by atoms with Crippen LogP contribution in [-0.4, -0.2) is 208 Å². The van der Waals surface area contributed by atoms with Gasteiger partial charge in [0, 0.05) is 18.1 Å². The van der Waals surface area contributed by atoms with Gasteiger partial charge in [-0.1, -0.05) is 82.1 Å². The van der Waals surface area contributed by atoms with Gasteiger partial charge in [-0.05, 0) is 87.5 Å². The number of hydrogen-bond donors (Lipinski definition) is 16. The van der Waals surface area contributed by atoms with Crippen molar-refractivity contribution < 1.29 is 72.5 Å². The van der Waals surface area contributed by atoms with Crippen molar-refractivity contribution in [3.63, 3.8) is 0 Å². The van der Waals surface area contributed by atoms with E-state index in [2.05, 4.69) is 83.7 Å². The number of rotatable bonds is 39. The lowest BCUT2D eigenvalue weighted by atomic mass is 9.96. The number of thiol groups is 2. The first kappa shape index (κ1) is 79.1. The molecule has 0 aromatic rings. The largest absolute Gasteiger partial charge is 0.480 e. The molecule has 87 heavy (non-hydrogen) atoms. The van der Waals surface area contributed by atoms with Crippen LogP contribution in [0.3, 0.4) is 0 Å². The van der Waals surface area contributed by atoms with Crippen molar-refractivity contribution in [3.8, 4) is 0 Å². The molecule has 1 fully saturated rings. The van der Waals surface area contributed by atoms with Gasteiger partial charge in [0.25, 0.3) is 0 Å². The summed E-state index contributed by atoms with van der Waals surface area (Å²) >= 11 is 9.73. The molecule has 14 atom stereocenters. The van der Waals surface area contributed by atoms with Gasteiger partial charge in [0.05, 0.1) is 25.2 Å². The molecule has 15 N–H and O–H groups in total. The number of hydrogen-bond acceptors (Lipinski definition) is 18. The second-order valence-corrected chi connectivity index (χ2v) is 25.0. The molecular weight excluding hydrogens is 1190 g/mol. The number of aliphatic hydroxyl groups excluding tert-OH is 1. The van der Waals surface area contributed by atoms with Crippen LogP contribution in [0.4, 0.5) is 0 Å². The summed E-state index contributed by atoms with van der Waals surface area (Å²) in [5.74, 6) is -12.1. The number of carbonyl (C=O) groups excluding carboxylic acids is 12. The Balaban J connectivity index is 3.15. The van der Waals surface area contributed by atoms with E-state index in [0.717, 1.165) is 0 Å². The number of carboxylic acid groups (broad SMARTS) is 1. The first-order valence-electron chi connectivity index (χ1n) is 29.6. The summed E-state index contributed by atoms with van der Waals surface area (Å²) in [6.45, 7) is 18.9. The van der Waals surface area contributed by atoms with Crippen LogP contribution in [0.5, 0.6) is 0 Å². The van der Waals surface area contributed by atoms with Crippen LogP contribution in [0.2, 0.25) is 0 Å². The van der Waals surface area contributed by atoms with Gasteiger partial charge in [-0.25, -0.2) is 4.79 Å². The van der Waals surface area contributed by atoms with Crippen molar-refractivity contribution in [2.45, 2.75) is 201 Å². The molecule has 496 valence electrons. The molecule has 1 aliphatic heterocycles. The maximum atomic E-state index is 14.1. The van der Waals surface area contributed by atoms with Gasteiger partial charge >= 0.3 is 5.97 Å². The molecule has 1 heterocycles. The van der Waals surface area contributed by atoms with Gasteiger partial charge < -0.3 is 79.3 Å². The number of aliphatic hydroxyl groups is 1. The van der Waals surface area contributed by atoms with Crippen LogP contribution in [0.1, 0.15) is 128 Å². The molecular formula is C56H99N13O15S3. The minimum absolute atomic E-state index is 0.0169. The maximum Gasteiger partial charge on any atom is 0.327 e. The van der Waals surface area contributed by atoms with Crippen LogP contribution in [0, 0.1) is 29.6 Å². The molecule has 31 heteroatoms. The predicted molar refractivity (Wildman–Crippen MR) is 334 cm³/mol. The topological polar surface area (TPSA) is 424 Å². The van der Waals surface area contributed by atoms with E-state index < -0.39 is 180 Å². The Bertz CT molecular complexity index is 2350. The molecule has 1 aliphatic rings. The second kappa shape index (κ2) is 39.9. The van der Waals surface area contributed by atoms with E-state index >= 15 is 0 Å². The van der Waals surface area contributed by atoms with E-state index in [0.29, 0.717) is 25.0 Å². The Hall–Kier alpha value is -5.92. The fourth-order valence-corrected chi connectivity index (χ4v) is 9.98. The van der Waals surface area contributed by atoms with Crippen molar-refractivity contribution in [3.05, 3.63) is 0 Å². The third kappa shape index (κ3) is 27.2. The molecule has 28 nitrogen and oxygen atoms in total. The molecule has 0 saturated carbocycles. The summed E-state index contributed by atoms with van der Waals surface area (Å²) in [5.41, 5.74) is 5.69. The third-order valence-electron chi connectivity index (χ3n) is 14.5. The van der Waals surface area contributed by atoms with Gasteiger partial charge in [0.15, 0.2) is 0 Å². The van der Waals surface area contributed by atoms with Crippen LogP contribution in [-0.2, 0) is 62.3 Å². The number of amides is 12. The number of nitrogens with two attached hydrogens (primary N) is 1. The van der Waals surface area contributed by atoms with Crippen molar-refractivity contribution in [2.75, 3.05) is 43.1 Å². The van der Waals surface area contributed by atoms with E-state index in [1.807, 2.05) is 13.8 Å². The fourth-order valence-electron chi connectivity index (χ4n) is 9.01. The summed E-state index contributed by atoms with van der Waals surface area (Å²) in [6, 6.07) is -13.2. The quantitative estimate of drug-likeness (QED) is 0.0292. The lowest BCUT2D eigenvalue weighted by Crippen LogP contribution is -2.61. The van der Waals surface area contributed by atoms with Crippen molar-refractivity contribution >= 4 is 114 Å². The fraction of sp³-hybridized carbons (Fsp3) is 0.768. The highest BCUT2D eigenvalue weighted by molar-refractivity contribution is 7.98. The highest BCUT2D eigenvalue weighted by atomic mass is 32.2. The van der Waals surface area contributed by atoms with Crippen LogP contribution in [0.25, 0.3) is 0 Å². The molecule has 0 aliphatic carbocycles. The first-order chi connectivity index (χ1) is 40.7. The number of carbonyl (C=O) groups is 13. The minimum atomic E-state index is -1.64. The Morgan fingerprint density at radius 2 is 0.966 bits per heavy atom. The van der Waals surface area contributed by atoms with E-state index in [4.69, 9.17) is 5.73 Å². The summed E-state index contributed by atoms with van der Waals surface area (Å²) in [5, 5.41) is 48.2. The smallest absolute Gasteiger partial charge is 0.327 e. The Morgan fingerprint density at radius 3 is 1.43 bits per heavy atom. The molecule has 12 amide bonds. The SMILES string of the molecule is CC[C@H](C)[C@H](NC(=O)CNC(=O)[C@H](CC(C)C)NC(=O)[C@@H](NC(=O)CNC(=O)[C@H](CCSC)NC(=O)[C@H](CC(C)C)NC(=O)[C@H](C)N)[C@@H](C)O)C(=O)N[C@H](C(=O)N[C@@H](CS)C(=O)N1CCC[C@H]1C(=O)N[C@H](C(=O)N[C@@H](CS)C(=O)O)[C@@H](C)CC)C(C)C. The predicted octanol–water partition coefficient (Wildman–Crippen LogP) is -2.16. The Morgan fingerprint density at radius 1 is 0.540 bits per heavy atom. The van der Waals surface area contributed by atoms with Gasteiger partial charge in [0.1, 0.15) is 60.4 Å². The number of carboxylic acids is 1. The molecule has 0 bridgehead atoms. The van der Waals surface area contributed by atoms with E-state index in [1.165, 1.54) is 30.5 Å². The number of likely N-dealkylation sites (tertiary alicyclic amines) is 1. The minimum Gasteiger partial charge on any atom is -0.480 e. The van der Waals surface area contributed by atoms with Crippen molar-refractivity contribution in [1.29, 1.82) is 0 Å². The highest BCUT2D eigenvalue weighted by Gasteiger charge is 2.41. The molecule has 0 spiro atoms. The molecule has 0 aromatic carbocycles. The van der Waals surface area contributed by atoms with E-state index in [9.17, 15) is 72.5 Å². The second-order valence-electron chi connectivity index (χ2n) is 23.3. The lowest BCUT2D eigenvalue weighted by molar-refractivity contribution is -0.143. The molecule has 1 saturated heterocycles. The average Bonchev–Trinajstić information content (AvgIpc) is 3.66. The first-order valence-corrected chi connectivity index (χ1v) is 32.3. The molecule has 0 aromatic heterocycles. The number of aliphatic carboxylic acids is 1. The number of nitrogens with zero attached hydrogens (tertiary/aromatic N) is 1. The Kier molecular flexibility index (Phi) is 36.2. The molecule has 0 radical (unpaired) electrons. The normalized spacial score (nSPS) is 17.6. The van der Waals surface area contributed by atoms with Crippen LogP contribution in [0.15, 0.2) is 0 Å². The van der Waals surface area contributed by atoms with Gasteiger partial charge in [-0.2, -0.15) is 37.0 Å².